The SMILES string of the molecule is CC(C)c1nnc(C(=O)NCCn2cccnc2=O)s1. The third-order valence-electron chi connectivity index (χ3n) is 2.55. The minimum absolute atomic E-state index is 0.253. The maximum absolute atomic E-state index is 11.8. The minimum Gasteiger partial charge on any atom is -0.348 e. The van der Waals surface area contributed by atoms with Gasteiger partial charge in [0.25, 0.3) is 5.91 Å². The highest BCUT2D eigenvalue weighted by atomic mass is 32.1. The molecule has 0 aliphatic heterocycles. The monoisotopic (exact) mass is 293 g/mol. The zero-order valence-corrected chi connectivity index (χ0v) is 12.1. The van der Waals surface area contributed by atoms with Crippen LogP contribution < -0.4 is 11.0 Å². The van der Waals surface area contributed by atoms with Gasteiger partial charge in [-0.15, -0.1) is 10.2 Å². The summed E-state index contributed by atoms with van der Waals surface area (Å²) >= 11 is 1.28. The lowest BCUT2D eigenvalue weighted by atomic mass is 10.2. The molecule has 106 valence electrons. The summed E-state index contributed by atoms with van der Waals surface area (Å²) in [4.78, 5) is 26.8. The van der Waals surface area contributed by atoms with Crippen LogP contribution in [0.4, 0.5) is 0 Å². The number of rotatable bonds is 5. The summed E-state index contributed by atoms with van der Waals surface area (Å²) in [7, 11) is 0. The summed E-state index contributed by atoms with van der Waals surface area (Å²) in [6.45, 7) is 4.70. The Hall–Kier alpha value is -2.09. The van der Waals surface area contributed by atoms with E-state index >= 15 is 0 Å². The largest absolute Gasteiger partial charge is 0.348 e. The Balaban J connectivity index is 1.89. The molecule has 0 saturated carbocycles. The summed E-state index contributed by atoms with van der Waals surface area (Å²) in [6.07, 6.45) is 3.06. The van der Waals surface area contributed by atoms with Gasteiger partial charge in [0.15, 0.2) is 0 Å². The molecule has 0 saturated heterocycles. The van der Waals surface area contributed by atoms with Crippen molar-refractivity contribution in [1.29, 1.82) is 0 Å². The fraction of sp³-hybridized carbons (Fsp3) is 0.417. The van der Waals surface area contributed by atoms with Crippen LogP contribution in [0.15, 0.2) is 23.3 Å². The van der Waals surface area contributed by atoms with E-state index in [2.05, 4.69) is 20.5 Å². The van der Waals surface area contributed by atoms with Crippen LogP contribution in [0.1, 0.15) is 34.6 Å². The van der Waals surface area contributed by atoms with Gasteiger partial charge in [-0.1, -0.05) is 25.2 Å². The van der Waals surface area contributed by atoms with Crippen LogP contribution in [0.3, 0.4) is 0 Å². The molecule has 0 aliphatic rings. The number of hydrogen-bond acceptors (Lipinski definition) is 6. The first-order valence-corrected chi connectivity index (χ1v) is 7.02. The van der Waals surface area contributed by atoms with Gasteiger partial charge in [-0.2, -0.15) is 0 Å². The van der Waals surface area contributed by atoms with Crippen molar-refractivity contribution in [3.63, 3.8) is 0 Å². The number of nitrogens with one attached hydrogen (secondary N) is 1. The van der Waals surface area contributed by atoms with Gasteiger partial charge in [0, 0.05) is 31.4 Å². The summed E-state index contributed by atoms with van der Waals surface area (Å²) in [5.41, 5.74) is -0.334. The molecule has 0 radical (unpaired) electrons. The fourth-order valence-corrected chi connectivity index (χ4v) is 2.24. The molecule has 0 aromatic carbocycles. The zero-order valence-electron chi connectivity index (χ0n) is 11.2. The third-order valence-corrected chi connectivity index (χ3v) is 3.77. The molecule has 20 heavy (non-hydrogen) atoms. The highest BCUT2D eigenvalue weighted by Crippen LogP contribution is 2.18. The van der Waals surface area contributed by atoms with E-state index in [4.69, 9.17) is 0 Å². The first kappa shape index (κ1) is 14.3. The molecule has 2 aromatic heterocycles. The molecule has 0 fully saturated rings. The van der Waals surface area contributed by atoms with Gasteiger partial charge >= 0.3 is 5.69 Å². The number of carbonyl (C=O) groups is 1. The van der Waals surface area contributed by atoms with E-state index in [9.17, 15) is 9.59 Å². The van der Waals surface area contributed by atoms with Crippen LogP contribution in [-0.2, 0) is 6.54 Å². The highest BCUT2D eigenvalue weighted by Gasteiger charge is 2.13. The summed E-state index contributed by atoms with van der Waals surface area (Å²) < 4.78 is 1.43. The second-order valence-corrected chi connectivity index (χ2v) is 5.46. The molecule has 0 atom stereocenters. The van der Waals surface area contributed by atoms with Gasteiger partial charge in [0.1, 0.15) is 5.01 Å². The molecule has 8 heteroatoms. The Kier molecular flexibility index (Phi) is 4.57. The van der Waals surface area contributed by atoms with Gasteiger partial charge in [-0.25, -0.2) is 9.78 Å². The van der Waals surface area contributed by atoms with Gasteiger partial charge in [0.05, 0.1) is 0 Å². The Morgan fingerprint density at radius 1 is 1.45 bits per heavy atom. The van der Waals surface area contributed by atoms with E-state index in [1.54, 1.807) is 12.3 Å². The summed E-state index contributed by atoms with van der Waals surface area (Å²) in [5.74, 6) is -0.0191. The van der Waals surface area contributed by atoms with Crippen molar-refractivity contribution in [2.24, 2.45) is 0 Å². The second kappa shape index (κ2) is 6.38. The molecular formula is C12H15N5O2S. The number of carbonyl (C=O) groups excluding carboxylic acids is 1. The Morgan fingerprint density at radius 2 is 2.25 bits per heavy atom. The minimum atomic E-state index is -0.334. The van der Waals surface area contributed by atoms with Gasteiger partial charge in [-0.05, 0) is 6.07 Å². The van der Waals surface area contributed by atoms with Crippen LogP contribution in [0, 0.1) is 0 Å². The van der Waals surface area contributed by atoms with E-state index in [1.807, 2.05) is 13.8 Å². The molecule has 2 heterocycles. The highest BCUT2D eigenvalue weighted by molar-refractivity contribution is 7.13. The number of aromatic nitrogens is 4. The van der Waals surface area contributed by atoms with E-state index in [0.29, 0.717) is 18.1 Å². The van der Waals surface area contributed by atoms with Crippen LogP contribution >= 0.6 is 11.3 Å². The Labute approximate surface area is 119 Å². The van der Waals surface area contributed by atoms with Crippen LogP contribution in [-0.4, -0.2) is 32.2 Å². The molecule has 0 spiro atoms. The zero-order chi connectivity index (χ0) is 14.5. The van der Waals surface area contributed by atoms with Crippen molar-refractivity contribution < 1.29 is 4.79 Å². The molecular weight excluding hydrogens is 278 g/mol. The van der Waals surface area contributed by atoms with E-state index in [0.717, 1.165) is 5.01 Å². The lowest BCUT2D eigenvalue weighted by Crippen LogP contribution is -2.31. The van der Waals surface area contributed by atoms with Crippen molar-refractivity contribution in [2.75, 3.05) is 6.54 Å². The van der Waals surface area contributed by atoms with Crippen LogP contribution in [0.2, 0.25) is 0 Å². The Morgan fingerprint density at radius 3 is 2.90 bits per heavy atom. The predicted octanol–water partition coefficient (Wildman–Crippen LogP) is 0.648. The smallest absolute Gasteiger partial charge is 0.347 e. The average molecular weight is 293 g/mol. The fourth-order valence-electron chi connectivity index (χ4n) is 1.48. The molecule has 7 nitrogen and oxygen atoms in total. The molecule has 1 N–H and O–H groups in total. The molecule has 2 rings (SSSR count). The predicted molar refractivity (Wildman–Crippen MR) is 74.8 cm³/mol. The van der Waals surface area contributed by atoms with Crippen molar-refractivity contribution >= 4 is 17.2 Å². The maximum Gasteiger partial charge on any atom is 0.347 e. The van der Waals surface area contributed by atoms with Gasteiger partial charge < -0.3 is 5.32 Å². The molecule has 2 aromatic rings. The molecule has 0 bridgehead atoms. The summed E-state index contributed by atoms with van der Waals surface area (Å²) in [6, 6.07) is 1.67. The standard InChI is InChI=1S/C12H15N5O2S/c1-8(2)10-15-16-11(20-10)9(18)13-5-7-17-6-3-4-14-12(17)19/h3-4,6,8H,5,7H2,1-2H3,(H,13,18). The molecule has 0 aliphatic carbocycles. The van der Waals surface area contributed by atoms with Crippen molar-refractivity contribution in [3.8, 4) is 0 Å². The molecule has 0 unspecified atom stereocenters. The lowest BCUT2D eigenvalue weighted by Gasteiger charge is -2.04. The number of hydrogen-bond donors (Lipinski definition) is 1. The second-order valence-electron chi connectivity index (χ2n) is 4.45. The number of amides is 1. The maximum atomic E-state index is 11.8. The average Bonchev–Trinajstić information content (AvgIpc) is 2.91. The van der Waals surface area contributed by atoms with Gasteiger partial charge in [-0.3, -0.25) is 9.36 Å². The van der Waals surface area contributed by atoms with Crippen molar-refractivity contribution in [2.45, 2.75) is 26.3 Å². The van der Waals surface area contributed by atoms with E-state index in [-0.39, 0.29) is 17.5 Å². The lowest BCUT2D eigenvalue weighted by molar-refractivity contribution is 0.0951. The first-order valence-electron chi connectivity index (χ1n) is 6.21. The van der Waals surface area contributed by atoms with Crippen LogP contribution in [0.25, 0.3) is 0 Å². The molecule has 1 amide bonds. The van der Waals surface area contributed by atoms with Crippen molar-refractivity contribution in [3.05, 3.63) is 39.0 Å². The first-order chi connectivity index (χ1) is 9.58. The quantitative estimate of drug-likeness (QED) is 0.874. The number of nitrogens with zero attached hydrogens (tertiary/aromatic N) is 4. The van der Waals surface area contributed by atoms with Crippen LogP contribution in [0.5, 0.6) is 0 Å². The topological polar surface area (TPSA) is 89.8 Å². The third kappa shape index (κ3) is 3.47. The van der Waals surface area contributed by atoms with Crippen molar-refractivity contribution in [1.82, 2.24) is 25.1 Å². The van der Waals surface area contributed by atoms with E-state index in [1.165, 1.54) is 22.1 Å². The summed E-state index contributed by atoms with van der Waals surface area (Å²) in [5, 5.41) is 11.7. The van der Waals surface area contributed by atoms with Gasteiger partial charge in [0.2, 0.25) is 5.01 Å². The Bertz CT molecular complexity index is 649. The normalized spacial score (nSPS) is 10.8. The van der Waals surface area contributed by atoms with E-state index < -0.39 is 0 Å².